The molecule has 1 saturated heterocycles. The van der Waals surface area contributed by atoms with Crippen molar-refractivity contribution in [1.82, 2.24) is 4.90 Å². The average molecular weight is 297 g/mol. The summed E-state index contributed by atoms with van der Waals surface area (Å²) in [4.78, 5) is 14.5. The SMILES string of the molecule is COC1CCN(C(=O)c2ccc(C)cc2Cl)C(CN)C1. The van der Waals surface area contributed by atoms with E-state index in [1.54, 1.807) is 13.2 Å². The van der Waals surface area contributed by atoms with Crippen molar-refractivity contribution in [3.05, 3.63) is 34.3 Å². The molecule has 0 radical (unpaired) electrons. The molecule has 1 amide bonds. The minimum absolute atomic E-state index is 0.0126. The number of hydrogen-bond donors (Lipinski definition) is 1. The molecule has 1 aromatic rings. The molecule has 110 valence electrons. The summed E-state index contributed by atoms with van der Waals surface area (Å²) in [6, 6.07) is 5.52. The fourth-order valence-electron chi connectivity index (χ4n) is 2.67. The van der Waals surface area contributed by atoms with Crippen molar-refractivity contribution >= 4 is 17.5 Å². The molecule has 4 nitrogen and oxygen atoms in total. The van der Waals surface area contributed by atoms with Gasteiger partial charge in [0.2, 0.25) is 0 Å². The highest BCUT2D eigenvalue weighted by Crippen LogP contribution is 2.25. The Labute approximate surface area is 124 Å². The van der Waals surface area contributed by atoms with Gasteiger partial charge in [0.05, 0.1) is 16.7 Å². The minimum atomic E-state index is -0.0417. The second-order valence-corrected chi connectivity index (χ2v) is 5.66. The molecule has 0 saturated carbocycles. The molecule has 1 heterocycles. The summed E-state index contributed by atoms with van der Waals surface area (Å²) in [6.45, 7) is 3.05. The predicted octanol–water partition coefficient (Wildman–Crippen LogP) is 2.23. The Hall–Kier alpha value is -1.10. The molecule has 1 aromatic carbocycles. The third-order valence-corrected chi connectivity index (χ3v) is 4.20. The predicted molar refractivity (Wildman–Crippen MR) is 80.1 cm³/mol. The zero-order chi connectivity index (χ0) is 14.7. The smallest absolute Gasteiger partial charge is 0.255 e. The largest absolute Gasteiger partial charge is 0.381 e. The molecule has 0 aliphatic carbocycles. The van der Waals surface area contributed by atoms with Crippen molar-refractivity contribution in [3.8, 4) is 0 Å². The number of nitrogens with zero attached hydrogens (tertiary/aromatic N) is 1. The van der Waals surface area contributed by atoms with Crippen LogP contribution in [0.4, 0.5) is 0 Å². The molecule has 1 fully saturated rings. The van der Waals surface area contributed by atoms with E-state index in [-0.39, 0.29) is 18.1 Å². The van der Waals surface area contributed by atoms with Gasteiger partial charge in [-0.15, -0.1) is 0 Å². The van der Waals surface area contributed by atoms with Crippen LogP contribution in [0.3, 0.4) is 0 Å². The lowest BCUT2D eigenvalue weighted by Crippen LogP contribution is -2.51. The first-order chi connectivity index (χ1) is 9.56. The Bertz CT molecular complexity index is 493. The zero-order valence-corrected chi connectivity index (χ0v) is 12.7. The van der Waals surface area contributed by atoms with Gasteiger partial charge >= 0.3 is 0 Å². The minimum Gasteiger partial charge on any atom is -0.381 e. The maximum atomic E-state index is 12.6. The van der Waals surface area contributed by atoms with E-state index >= 15 is 0 Å². The van der Waals surface area contributed by atoms with Crippen LogP contribution in [0.2, 0.25) is 5.02 Å². The number of halogens is 1. The molecule has 0 spiro atoms. The second kappa shape index (κ2) is 6.57. The van der Waals surface area contributed by atoms with Crippen LogP contribution < -0.4 is 5.73 Å². The summed E-state index contributed by atoms with van der Waals surface area (Å²) < 4.78 is 5.38. The van der Waals surface area contributed by atoms with Gasteiger partial charge in [-0.05, 0) is 37.5 Å². The van der Waals surface area contributed by atoms with Crippen LogP contribution >= 0.6 is 11.6 Å². The Morgan fingerprint density at radius 1 is 1.55 bits per heavy atom. The number of likely N-dealkylation sites (tertiary alicyclic amines) is 1. The number of amides is 1. The van der Waals surface area contributed by atoms with Crippen LogP contribution in [-0.4, -0.2) is 43.2 Å². The second-order valence-electron chi connectivity index (χ2n) is 5.25. The lowest BCUT2D eigenvalue weighted by Gasteiger charge is -2.38. The number of hydrogen-bond acceptors (Lipinski definition) is 3. The zero-order valence-electron chi connectivity index (χ0n) is 11.9. The quantitative estimate of drug-likeness (QED) is 0.930. The molecule has 2 atom stereocenters. The molecule has 1 aliphatic rings. The molecular formula is C15H21ClN2O2. The normalized spacial score (nSPS) is 22.9. The van der Waals surface area contributed by atoms with E-state index in [1.807, 2.05) is 24.0 Å². The molecule has 2 unspecified atom stereocenters. The monoisotopic (exact) mass is 296 g/mol. The van der Waals surface area contributed by atoms with Gasteiger partial charge < -0.3 is 15.4 Å². The molecular weight excluding hydrogens is 276 g/mol. The van der Waals surface area contributed by atoms with Gasteiger partial charge in [0.1, 0.15) is 0 Å². The first-order valence-electron chi connectivity index (χ1n) is 6.86. The number of piperidine rings is 1. The summed E-state index contributed by atoms with van der Waals surface area (Å²) in [5, 5.41) is 0.500. The lowest BCUT2D eigenvalue weighted by atomic mass is 9.98. The van der Waals surface area contributed by atoms with Gasteiger partial charge in [-0.3, -0.25) is 4.79 Å². The van der Waals surface area contributed by atoms with Gasteiger partial charge in [-0.1, -0.05) is 17.7 Å². The molecule has 2 rings (SSSR count). The Morgan fingerprint density at radius 3 is 2.90 bits per heavy atom. The van der Waals surface area contributed by atoms with E-state index in [2.05, 4.69) is 0 Å². The molecule has 0 aromatic heterocycles. The fraction of sp³-hybridized carbons (Fsp3) is 0.533. The van der Waals surface area contributed by atoms with Crippen molar-refractivity contribution in [3.63, 3.8) is 0 Å². The van der Waals surface area contributed by atoms with Crippen LogP contribution in [0.5, 0.6) is 0 Å². The van der Waals surface area contributed by atoms with E-state index in [4.69, 9.17) is 22.1 Å². The molecule has 1 aliphatic heterocycles. The summed E-state index contributed by atoms with van der Waals surface area (Å²) in [5.41, 5.74) is 7.40. The molecule has 20 heavy (non-hydrogen) atoms. The van der Waals surface area contributed by atoms with E-state index in [1.165, 1.54) is 0 Å². The summed E-state index contributed by atoms with van der Waals surface area (Å²) in [7, 11) is 1.70. The summed E-state index contributed by atoms with van der Waals surface area (Å²) in [5.74, 6) is -0.0417. The molecule has 2 N–H and O–H groups in total. The van der Waals surface area contributed by atoms with Gasteiger partial charge in [0.25, 0.3) is 5.91 Å². The Balaban J connectivity index is 2.19. The number of methoxy groups -OCH3 is 1. The first-order valence-corrected chi connectivity index (χ1v) is 7.24. The van der Waals surface area contributed by atoms with Crippen molar-refractivity contribution in [2.75, 3.05) is 20.2 Å². The van der Waals surface area contributed by atoms with E-state index < -0.39 is 0 Å². The van der Waals surface area contributed by atoms with Crippen LogP contribution in [0.15, 0.2) is 18.2 Å². The summed E-state index contributed by atoms with van der Waals surface area (Å²) >= 11 is 6.19. The maximum absolute atomic E-state index is 12.6. The first kappa shape index (κ1) is 15.3. The Morgan fingerprint density at radius 2 is 2.30 bits per heavy atom. The number of benzene rings is 1. The highest BCUT2D eigenvalue weighted by atomic mass is 35.5. The number of nitrogens with two attached hydrogens (primary N) is 1. The summed E-state index contributed by atoms with van der Waals surface area (Å²) in [6.07, 6.45) is 1.80. The van der Waals surface area contributed by atoms with Crippen molar-refractivity contribution in [2.24, 2.45) is 5.73 Å². The number of aryl methyl sites for hydroxylation is 1. The van der Waals surface area contributed by atoms with E-state index in [0.29, 0.717) is 23.7 Å². The molecule has 5 heteroatoms. The van der Waals surface area contributed by atoms with E-state index in [0.717, 1.165) is 18.4 Å². The lowest BCUT2D eigenvalue weighted by molar-refractivity contribution is 0.0139. The van der Waals surface area contributed by atoms with Gasteiger partial charge in [-0.2, -0.15) is 0 Å². The fourth-order valence-corrected chi connectivity index (χ4v) is 2.98. The van der Waals surface area contributed by atoms with Crippen LogP contribution in [-0.2, 0) is 4.74 Å². The molecule has 0 bridgehead atoms. The topological polar surface area (TPSA) is 55.6 Å². The van der Waals surface area contributed by atoms with Crippen LogP contribution in [0.25, 0.3) is 0 Å². The number of ether oxygens (including phenoxy) is 1. The van der Waals surface area contributed by atoms with E-state index in [9.17, 15) is 4.79 Å². The number of carbonyl (C=O) groups is 1. The van der Waals surface area contributed by atoms with Crippen molar-refractivity contribution in [2.45, 2.75) is 31.9 Å². The third-order valence-electron chi connectivity index (χ3n) is 3.89. The third kappa shape index (κ3) is 3.14. The van der Waals surface area contributed by atoms with Crippen molar-refractivity contribution < 1.29 is 9.53 Å². The Kier molecular flexibility index (Phi) is 5.02. The standard InChI is InChI=1S/C15H21ClN2O2/c1-10-3-4-13(14(16)7-10)15(19)18-6-5-12(20-2)8-11(18)9-17/h3-4,7,11-12H,5-6,8-9,17H2,1-2H3. The highest BCUT2D eigenvalue weighted by Gasteiger charge is 2.31. The van der Waals surface area contributed by atoms with Gasteiger partial charge in [0, 0.05) is 26.2 Å². The average Bonchev–Trinajstić information content (AvgIpc) is 2.46. The number of carbonyl (C=O) groups excluding carboxylic acids is 1. The van der Waals surface area contributed by atoms with Crippen LogP contribution in [0, 0.1) is 6.92 Å². The maximum Gasteiger partial charge on any atom is 0.255 e. The van der Waals surface area contributed by atoms with Gasteiger partial charge in [0.15, 0.2) is 0 Å². The number of rotatable bonds is 3. The van der Waals surface area contributed by atoms with Crippen LogP contribution in [0.1, 0.15) is 28.8 Å². The highest BCUT2D eigenvalue weighted by molar-refractivity contribution is 6.33. The van der Waals surface area contributed by atoms with Gasteiger partial charge in [-0.25, -0.2) is 0 Å². The van der Waals surface area contributed by atoms with Crippen molar-refractivity contribution in [1.29, 1.82) is 0 Å².